The van der Waals surface area contributed by atoms with Crippen LogP contribution in [0.4, 0.5) is 0 Å². The molecule has 0 aromatic rings. The molecule has 0 fully saturated rings. The van der Waals surface area contributed by atoms with Crippen molar-refractivity contribution in [2.45, 2.75) is 0 Å². The standard InChI is InChI=1S/Na.H2O4S.Pb/c;1-5(2,3)4;/h;(H2,1,2,3,4);/q+1;;+2/p-2. The topological polar surface area (TPSA) is 80.3 Å². The molecule has 0 spiro atoms. The molecule has 0 N–H and O–H groups in total. The van der Waals surface area contributed by atoms with Crippen molar-refractivity contribution in [2.24, 2.45) is 0 Å². The molecule has 7 heavy (non-hydrogen) atoms. The van der Waals surface area contributed by atoms with E-state index in [0.29, 0.717) is 0 Å². The predicted octanol–water partition coefficient (Wildman–Crippen LogP) is -4.71. The molecule has 0 rings (SSSR count). The van der Waals surface area contributed by atoms with Gasteiger partial charge in [-0.15, -0.1) is 0 Å². The zero-order valence-corrected chi connectivity index (χ0v) is 10.2. The van der Waals surface area contributed by atoms with E-state index < -0.39 is 10.4 Å². The monoisotopic (exact) mass is 327 g/mol. The summed E-state index contributed by atoms with van der Waals surface area (Å²) >= 11 is 0. The SMILES string of the molecule is O=S(=O)([O-])[O-].[Na+].[Pb+2]. The summed E-state index contributed by atoms with van der Waals surface area (Å²) in [7, 11) is -5.17. The molecule has 0 bridgehead atoms. The van der Waals surface area contributed by atoms with Crippen LogP contribution >= 0.6 is 0 Å². The van der Waals surface area contributed by atoms with Crippen molar-refractivity contribution < 1.29 is 47.1 Å². The van der Waals surface area contributed by atoms with E-state index in [4.69, 9.17) is 17.5 Å². The summed E-state index contributed by atoms with van der Waals surface area (Å²) in [6.07, 6.45) is 0. The molecule has 0 unspecified atom stereocenters. The Hall–Kier alpha value is 1.79. The van der Waals surface area contributed by atoms with Gasteiger partial charge in [-0.25, -0.2) is 0 Å². The summed E-state index contributed by atoms with van der Waals surface area (Å²) in [6.45, 7) is 0. The van der Waals surface area contributed by atoms with Gasteiger partial charge in [-0.1, -0.05) is 0 Å². The van der Waals surface area contributed by atoms with Crippen molar-refractivity contribution in [1.82, 2.24) is 0 Å². The predicted molar refractivity (Wildman–Crippen MR) is 16.2 cm³/mol. The molecule has 7 heteroatoms. The molecular formula is NaO4PbS+. The van der Waals surface area contributed by atoms with Crippen LogP contribution in [0.5, 0.6) is 0 Å². The smallest absolute Gasteiger partial charge is 0.759 e. The summed E-state index contributed by atoms with van der Waals surface area (Å²) in [4.78, 5) is 0. The van der Waals surface area contributed by atoms with Crippen LogP contribution in [0.15, 0.2) is 0 Å². The molecule has 0 heterocycles. The Morgan fingerprint density at radius 2 is 1.14 bits per heavy atom. The van der Waals surface area contributed by atoms with Crippen molar-refractivity contribution >= 4 is 37.7 Å². The van der Waals surface area contributed by atoms with E-state index in [-0.39, 0.29) is 56.9 Å². The van der Waals surface area contributed by atoms with Crippen molar-refractivity contribution in [1.29, 1.82) is 0 Å². The van der Waals surface area contributed by atoms with Crippen LogP contribution in [0, 0.1) is 0 Å². The fraction of sp³-hybridized carbons (Fsp3) is 0. The summed E-state index contributed by atoms with van der Waals surface area (Å²) < 4.78 is 34.1. The van der Waals surface area contributed by atoms with Gasteiger partial charge in [0.05, 0.1) is 0 Å². The fourth-order valence-corrected chi connectivity index (χ4v) is 0. The normalized spacial score (nSPS) is 8.29. The van der Waals surface area contributed by atoms with E-state index in [0.717, 1.165) is 0 Å². The molecule has 0 aliphatic heterocycles. The van der Waals surface area contributed by atoms with Gasteiger partial charge in [0.2, 0.25) is 0 Å². The van der Waals surface area contributed by atoms with Gasteiger partial charge < -0.3 is 9.11 Å². The van der Waals surface area contributed by atoms with Crippen LogP contribution in [-0.4, -0.2) is 44.8 Å². The molecule has 0 aromatic heterocycles. The number of hydrogen-bond acceptors (Lipinski definition) is 4. The zero-order chi connectivity index (χ0) is 4.50. The first-order valence-electron chi connectivity index (χ1n) is 0.667. The Labute approximate surface area is 83.7 Å². The fourth-order valence-electron chi connectivity index (χ4n) is 0. The zero-order valence-electron chi connectivity index (χ0n) is 3.54. The van der Waals surface area contributed by atoms with Gasteiger partial charge in [0.25, 0.3) is 0 Å². The first-order valence-corrected chi connectivity index (χ1v) is 2.00. The molecular weight excluding hydrogens is 326 g/mol. The number of rotatable bonds is 0. The summed E-state index contributed by atoms with van der Waals surface area (Å²) in [6, 6.07) is 0. The van der Waals surface area contributed by atoms with Gasteiger partial charge in [0, 0.05) is 10.4 Å². The van der Waals surface area contributed by atoms with E-state index in [2.05, 4.69) is 0 Å². The molecule has 0 aliphatic carbocycles. The maximum Gasteiger partial charge on any atom is 2.00 e. The van der Waals surface area contributed by atoms with Gasteiger partial charge in [-0.2, -0.15) is 0 Å². The van der Waals surface area contributed by atoms with Crippen molar-refractivity contribution in [2.75, 3.05) is 0 Å². The minimum absolute atomic E-state index is 0. The van der Waals surface area contributed by atoms with E-state index in [1.54, 1.807) is 0 Å². The maximum absolute atomic E-state index is 8.52. The van der Waals surface area contributed by atoms with Gasteiger partial charge in [-0.05, 0) is 0 Å². The van der Waals surface area contributed by atoms with Crippen molar-refractivity contribution in [3.63, 3.8) is 0 Å². The van der Waals surface area contributed by atoms with Crippen LogP contribution in [0.25, 0.3) is 0 Å². The van der Waals surface area contributed by atoms with Gasteiger partial charge in [0.15, 0.2) is 0 Å². The third-order valence-electron chi connectivity index (χ3n) is 0. The average Bonchev–Trinajstić information content (AvgIpc) is 0.722. The van der Waals surface area contributed by atoms with Gasteiger partial charge in [0.1, 0.15) is 0 Å². The third kappa shape index (κ3) is 81.4. The first-order chi connectivity index (χ1) is 2.00. The average molecular weight is 326 g/mol. The Bertz CT molecular complexity index is 94.9. The summed E-state index contributed by atoms with van der Waals surface area (Å²) in [5, 5.41) is 0. The van der Waals surface area contributed by atoms with Crippen LogP contribution in [0.3, 0.4) is 0 Å². The van der Waals surface area contributed by atoms with Crippen LogP contribution in [0.1, 0.15) is 0 Å². The minimum Gasteiger partial charge on any atom is -0.759 e. The molecule has 0 amide bonds. The Balaban J connectivity index is -0.0000000800. The third-order valence-corrected chi connectivity index (χ3v) is 0. The van der Waals surface area contributed by atoms with E-state index in [1.807, 2.05) is 0 Å². The second kappa shape index (κ2) is 5.92. The minimum atomic E-state index is -5.17. The Morgan fingerprint density at radius 3 is 1.14 bits per heavy atom. The molecule has 4 nitrogen and oxygen atoms in total. The molecule has 2 radical (unpaired) electrons. The molecule has 0 saturated carbocycles. The first kappa shape index (κ1) is 15.9. The van der Waals surface area contributed by atoms with Crippen molar-refractivity contribution in [3.8, 4) is 0 Å². The second-order valence-corrected chi connectivity index (χ2v) is 1.22. The van der Waals surface area contributed by atoms with E-state index in [1.165, 1.54) is 0 Å². The largest absolute Gasteiger partial charge is 2.00 e. The molecule has 0 aromatic carbocycles. The van der Waals surface area contributed by atoms with Crippen LogP contribution < -0.4 is 29.6 Å². The molecule has 0 saturated heterocycles. The van der Waals surface area contributed by atoms with E-state index in [9.17, 15) is 0 Å². The van der Waals surface area contributed by atoms with E-state index >= 15 is 0 Å². The number of hydrogen-bond donors (Lipinski definition) is 0. The van der Waals surface area contributed by atoms with Gasteiger partial charge >= 0.3 is 56.9 Å². The van der Waals surface area contributed by atoms with Crippen LogP contribution in [-0.2, 0) is 10.4 Å². The summed E-state index contributed by atoms with van der Waals surface area (Å²) in [5.74, 6) is 0. The molecule has 0 atom stereocenters. The Kier molecular flexibility index (Phi) is 13.5. The van der Waals surface area contributed by atoms with Crippen LogP contribution in [0.2, 0.25) is 0 Å². The molecule has 34 valence electrons. The maximum atomic E-state index is 8.52. The quantitative estimate of drug-likeness (QED) is 0.254. The van der Waals surface area contributed by atoms with Crippen molar-refractivity contribution in [3.05, 3.63) is 0 Å². The second-order valence-electron chi connectivity index (χ2n) is 0.408. The Morgan fingerprint density at radius 1 is 1.14 bits per heavy atom. The molecule has 0 aliphatic rings. The summed E-state index contributed by atoms with van der Waals surface area (Å²) in [5.41, 5.74) is 0. The van der Waals surface area contributed by atoms with Gasteiger partial charge in [-0.3, -0.25) is 8.42 Å².